The van der Waals surface area contributed by atoms with E-state index in [9.17, 15) is 0 Å². The van der Waals surface area contributed by atoms with Crippen molar-refractivity contribution >= 4 is 0 Å². The summed E-state index contributed by atoms with van der Waals surface area (Å²) in [6.07, 6.45) is 7.21. The smallest absolute Gasteiger partial charge is 0.126 e. The fourth-order valence-corrected chi connectivity index (χ4v) is 2.36. The average molecular weight is 235 g/mol. The van der Waals surface area contributed by atoms with Crippen LogP contribution in [0.25, 0.3) is 0 Å². The second kappa shape index (κ2) is 5.98. The van der Waals surface area contributed by atoms with Crippen molar-refractivity contribution in [2.24, 2.45) is 5.73 Å². The van der Waals surface area contributed by atoms with Crippen LogP contribution in [0.4, 0.5) is 0 Å². The maximum absolute atomic E-state index is 5.79. The quantitative estimate of drug-likeness (QED) is 0.838. The van der Waals surface area contributed by atoms with E-state index in [4.69, 9.17) is 10.5 Å². The Balaban J connectivity index is 1.81. The molecule has 1 unspecified atom stereocenters. The molecule has 2 N–H and O–H groups in total. The number of ether oxygens (including phenoxy) is 1. The molecular weight excluding hydrogens is 214 g/mol. The van der Waals surface area contributed by atoms with Crippen LogP contribution in [0.15, 0.2) is 18.5 Å². The Morgan fingerprint density at radius 1 is 1.59 bits per heavy atom. The predicted molar refractivity (Wildman–Crippen MR) is 67.9 cm³/mol. The van der Waals surface area contributed by atoms with Crippen LogP contribution in [-0.4, -0.2) is 36.1 Å². The van der Waals surface area contributed by atoms with Gasteiger partial charge in [-0.3, -0.25) is 4.98 Å². The zero-order chi connectivity index (χ0) is 12.1. The lowest BCUT2D eigenvalue weighted by Crippen LogP contribution is -2.26. The minimum absolute atomic E-state index is 0.479. The molecule has 0 saturated carbocycles. The fraction of sp³-hybridized carbons (Fsp3) is 0.615. The Morgan fingerprint density at radius 3 is 3.18 bits per heavy atom. The number of hydrogen-bond acceptors (Lipinski definition) is 4. The van der Waals surface area contributed by atoms with E-state index < -0.39 is 0 Å². The third-order valence-corrected chi connectivity index (χ3v) is 3.46. The highest BCUT2D eigenvalue weighted by molar-refractivity contribution is 5.29. The van der Waals surface area contributed by atoms with Crippen molar-refractivity contribution in [3.8, 4) is 5.75 Å². The van der Waals surface area contributed by atoms with Crippen molar-refractivity contribution in [2.75, 3.05) is 20.2 Å². The molecule has 17 heavy (non-hydrogen) atoms. The van der Waals surface area contributed by atoms with Gasteiger partial charge < -0.3 is 15.4 Å². The van der Waals surface area contributed by atoms with Gasteiger partial charge >= 0.3 is 0 Å². The molecule has 4 heteroatoms. The Morgan fingerprint density at radius 2 is 2.47 bits per heavy atom. The second-order valence-electron chi connectivity index (χ2n) is 4.60. The van der Waals surface area contributed by atoms with Crippen LogP contribution >= 0.6 is 0 Å². The molecule has 1 aromatic rings. The summed E-state index contributed by atoms with van der Waals surface area (Å²) in [5.74, 6) is 0.878. The van der Waals surface area contributed by atoms with E-state index in [0.717, 1.165) is 24.3 Å². The van der Waals surface area contributed by atoms with Gasteiger partial charge in [0.1, 0.15) is 5.75 Å². The highest BCUT2D eigenvalue weighted by atomic mass is 16.5. The summed E-state index contributed by atoms with van der Waals surface area (Å²) < 4.78 is 5.79. The highest BCUT2D eigenvalue weighted by Crippen LogP contribution is 2.20. The normalized spacial score (nSPS) is 20.7. The van der Waals surface area contributed by atoms with E-state index in [1.807, 2.05) is 6.07 Å². The molecular formula is C13H21N3O. The molecule has 0 bridgehead atoms. The van der Waals surface area contributed by atoms with Gasteiger partial charge in [0, 0.05) is 30.5 Å². The highest BCUT2D eigenvalue weighted by Gasteiger charge is 2.20. The van der Waals surface area contributed by atoms with Gasteiger partial charge in [0.2, 0.25) is 0 Å². The van der Waals surface area contributed by atoms with Gasteiger partial charge in [-0.2, -0.15) is 0 Å². The molecule has 1 saturated heterocycles. The zero-order valence-corrected chi connectivity index (χ0v) is 10.4. The summed E-state index contributed by atoms with van der Waals surface area (Å²) in [7, 11) is 2.19. The molecule has 1 aromatic heterocycles. The summed E-state index contributed by atoms with van der Waals surface area (Å²) >= 11 is 0. The van der Waals surface area contributed by atoms with Gasteiger partial charge in [0.25, 0.3) is 0 Å². The molecule has 0 aliphatic carbocycles. The molecule has 94 valence electrons. The van der Waals surface area contributed by atoms with Gasteiger partial charge in [-0.15, -0.1) is 0 Å². The molecule has 2 heterocycles. The van der Waals surface area contributed by atoms with Crippen LogP contribution in [0.1, 0.15) is 24.8 Å². The lowest BCUT2D eigenvalue weighted by molar-refractivity contribution is 0.232. The van der Waals surface area contributed by atoms with Crippen LogP contribution in [0.5, 0.6) is 5.75 Å². The minimum atomic E-state index is 0.479. The first-order valence-electron chi connectivity index (χ1n) is 6.27. The van der Waals surface area contributed by atoms with E-state index in [1.54, 1.807) is 12.4 Å². The molecule has 2 rings (SSSR count). The molecule has 1 atom stereocenters. The lowest BCUT2D eigenvalue weighted by atomic mass is 10.1. The zero-order valence-electron chi connectivity index (χ0n) is 10.4. The van der Waals surface area contributed by atoms with E-state index >= 15 is 0 Å². The Hall–Kier alpha value is -1.13. The van der Waals surface area contributed by atoms with Crippen molar-refractivity contribution in [3.05, 3.63) is 24.0 Å². The largest absolute Gasteiger partial charge is 0.493 e. The summed E-state index contributed by atoms with van der Waals surface area (Å²) in [5, 5.41) is 0. The average Bonchev–Trinajstić information content (AvgIpc) is 2.76. The van der Waals surface area contributed by atoms with E-state index in [-0.39, 0.29) is 0 Å². The minimum Gasteiger partial charge on any atom is -0.493 e. The Labute approximate surface area is 103 Å². The first-order chi connectivity index (χ1) is 8.31. The summed E-state index contributed by atoms with van der Waals surface area (Å²) in [4.78, 5) is 6.46. The molecule has 0 aromatic carbocycles. The van der Waals surface area contributed by atoms with Crippen LogP contribution in [0, 0.1) is 0 Å². The van der Waals surface area contributed by atoms with Gasteiger partial charge in [-0.1, -0.05) is 0 Å². The number of rotatable bonds is 5. The van der Waals surface area contributed by atoms with Gasteiger partial charge in [-0.25, -0.2) is 0 Å². The molecule has 0 amide bonds. The first kappa shape index (κ1) is 12.3. The van der Waals surface area contributed by atoms with Crippen LogP contribution in [-0.2, 0) is 6.54 Å². The van der Waals surface area contributed by atoms with Crippen LogP contribution < -0.4 is 10.5 Å². The first-order valence-corrected chi connectivity index (χ1v) is 6.27. The second-order valence-corrected chi connectivity index (χ2v) is 4.60. The van der Waals surface area contributed by atoms with Crippen molar-refractivity contribution in [2.45, 2.75) is 31.8 Å². The molecule has 0 radical (unpaired) electrons. The maximum Gasteiger partial charge on any atom is 0.126 e. The SMILES string of the molecule is CN1CCCC1CCOc1ccncc1CN. The van der Waals surface area contributed by atoms with Crippen molar-refractivity contribution in [3.63, 3.8) is 0 Å². The molecule has 1 aliphatic rings. The maximum atomic E-state index is 5.79. The summed E-state index contributed by atoms with van der Waals surface area (Å²) in [6, 6.07) is 2.57. The topological polar surface area (TPSA) is 51.4 Å². The van der Waals surface area contributed by atoms with Gasteiger partial charge in [0.05, 0.1) is 6.61 Å². The number of hydrogen-bond donors (Lipinski definition) is 1. The standard InChI is InChI=1S/C13H21N3O/c1-16-7-2-3-12(16)5-8-17-13-4-6-15-10-11(13)9-14/h4,6,10,12H,2-3,5,7-9,14H2,1H3. The third-order valence-electron chi connectivity index (χ3n) is 3.46. The molecule has 1 aliphatic heterocycles. The van der Waals surface area contributed by atoms with E-state index in [2.05, 4.69) is 16.9 Å². The Bertz CT molecular complexity index is 356. The fourth-order valence-electron chi connectivity index (χ4n) is 2.36. The molecule has 0 spiro atoms. The predicted octanol–water partition coefficient (Wildman–Crippen LogP) is 1.40. The van der Waals surface area contributed by atoms with Crippen LogP contribution in [0.2, 0.25) is 0 Å². The van der Waals surface area contributed by atoms with Gasteiger partial charge in [-0.05, 0) is 38.9 Å². The summed E-state index contributed by atoms with van der Waals surface area (Å²) in [5.41, 5.74) is 6.62. The number of nitrogens with zero attached hydrogens (tertiary/aromatic N) is 2. The number of nitrogens with two attached hydrogens (primary N) is 1. The van der Waals surface area contributed by atoms with Crippen molar-refractivity contribution < 1.29 is 4.74 Å². The third kappa shape index (κ3) is 3.17. The lowest BCUT2D eigenvalue weighted by Gasteiger charge is -2.19. The molecule has 4 nitrogen and oxygen atoms in total. The monoisotopic (exact) mass is 235 g/mol. The van der Waals surface area contributed by atoms with E-state index in [1.165, 1.54) is 19.4 Å². The Kier molecular flexibility index (Phi) is 4.34. The van der Waals surface area contributed by atoms with Crippen molar-refractivity contribution in [1.82, 2.24) is 9.88 Å². The number of aromatic nitrogens is 1. The van der Waals surface area contributed by atoms with Gasteiger partial charge in [0.15, 0.2) is 0 Å². The summed E-state index contributed by atoms with van der Waals surface area (Å²) in [6.45, 7) is 2.45. The number of pyridine rings is 1. The van der Waals surface area contributed by atoms with E-state index in [0.29, 0.717) is 12.6 Å². The van der Waals surface area contributed by atoms with Crippen LogP contribution in [0.3, 0.4) is 0 Å². The number of likely N-dealkylation sites (tertiary alicyclic amines) is 1. The van der Waals surface area contributed by atoms with Crippen molar-refractivity contribution in [1.29, 1.82) is 0 Å². The molecule has 1 fully saturated rings.